The fourth-order valence-electron chi connectivity index (χ4n) is 2.36. The number of carbonyl (C=O) groups is 2. The van der Waals surface area contributed by atoms with Crippen LogP contribution in [0.15, 0.2) is 84.9 Å². The highest BCUT2D eigenvalue weighted by Crippen LogP contribution is 2.28. The molecule has 0 bridgehead atoms. The van der Waals surface area contributed by atoms with Gasteiger partial charge in [-0.05, 0) is 36.4 Å². The van der Waals surface area contributed by atoms with Crippen LogP contribution in [0.3, 0.4) is 0 Å². The Labute approximate surface area is 163 Å². The molecule has 0 unspecified atom stereocenters. The van der Waals surface area contributed by atoms with Crippen molar-refractivity contribution in [1.82, 2.24) is 5.32 Å². The molecule has 6 nitrogen and oxygen atoms in total. The molecule has 142 valence electrons. The summed E-state index contributed by atoms with van der Waals surface area (Å²) in [7, 11) is 0. The molecule has 2 amide bonds. The third-order valence-electron chi connectivity index (χ3n) is 3.69. The maximum atomic E-state index is 12.2. The number of para-hydroxylation sites is 4. The summed E-state index contributed by atoms with van der Waals surface area (Å²) in [6.07, 6.45) is 0. The summed E-state index contributed by atoms with van der Waals surface area (Å²) < 4.78 is 11.1. The SMILES string of the molecule is O=C(COc1ccccc1)NCC(=O)Nc1ccccc1Oc1ccccc1. The maximum Gasteiger partial charge on any atom is 0.258 e. The minimum absolute atomic E-state index is 0.162. The Morgan fingerprint density at radius 2 is 1.32 bits per heavy atom. The molecule has 0 radical (unpaired) electrons. The van der Waals surface area contributed by atoms with Crippen molar-refractivity contribution in [3.8, 4) is 17.2 Å². The van der Waals surface area contributed by atoms with Crippen molar-refractivity contribution >= 4 is 17.5 Å². The lowest BCUT2D eigenvalue weighted by Gasteiger charge is -2.12. The summed E-state index contributed by atoms with van der Waals surface area (Å²) in [6, 6.07) is 25.4. The van der Waals surface area contributed by atoms with Crippen LogP contribution >= 0.6 is 0 Å². The molecule has 0 aliphatic heterocycles. The average molecular weight is 376 g/mol. The van der Waals surface area contributed by atoms with Crippen LogP contribution in [0.1, 0.15) is 0 Å². The number of amides is 2. The monoisotopic (exact) mass is 376 g/mol. The van der Waals surface area contributed by atoms with Crippen molar-refractivity contribution in [3.05, 3.63) is 84.9 Å². The second-order valence-corrected chi connectivity index (χ2v) is 5.84. The van der Waals surface area contributed by atoms with Gasteiger partial charge >= 0.3 is 0 Å². The van der Waals surface area contributed by atoms with E-state index in [2.05, 4.69) is 10.6 Å². The second kappa shape index (κ2) is 9.78. The molecular weight excluding hydrogens is 356 g/mol. The first-order valence-corrected chi connectivity index (χ1v) is 8.77. The molecule has 0 atom stereocenters. The van der Waals surface area contributed by atoms with Crippen LogP contribution in [-0.4, -0.2) is 25.0 Å². The van der Waals surface area contributed by atoms with E-state index in [9.17, 15) is 9.59 Å². The Bertz CT molecular complexity index is 914. The number of nitrogens with one attached hydrogen (secondary N) is 2. The van der Waals surface area contributed by atoms with Gasteiger partial charge in [0.05, 0.1) is 12.2 Å². The van der Waals surface area contributed by atoms with Gasteiger partial charge in [-0.15, -0.1) is 0 Å². The number of anilines is 1. The average Bonchev–Trinajstić information content (AvgIpc) is 2.74. The molecule has 3 aromatic rings. The molecule has 6 heteroatoms. The predicted molar refractivity (Wildman–Crippen MR) is 107 cm³/mol. The lowest BCUT2D eigenvalue weighted by atomic mass is 10.3. The smallest absolute Gasteiger partial charge is 0.258 e. The zero-order valence-electron chi connectivity index (χ0n) is 15.1. The summed E-state index contributed by atoms with van der Waals surface area (Å²) in [4.78, 5) is 24.0. The van der Waals surface area contributed by atoms with E-state index in [4.69, 9.17) is 9.47 Å². The number of ether oxygens (including phenoxy) is 2. The summed E-state index contributed by atoms with van der Waals surface area (Å²) in [5.74, 6) is 1.02. The van der Waals surface area contributed by atoms with E-state index < -0.39 is 0 Å². The van der Waals surface area contributed by atoms with E-state index in [0.29, 0.717) is 22.9 Å². The van der Waals surface area contributed by atoms with Gasteiger partial charge in [0.15, 0.2) is 12.4 Å². The lowest BCUT2D eigenvalue weighted by Crippen LogP contribution is -2.35. The van der Waals surface area contributed by atoms with Gasteiger partial charge in [0.2, 0.25) is 5.91 Å². The van der Waals surface area contributed by atoms with Gasteiger partial charge < -0.3 is 20.1 Å². The van der Waals surface area contributed by atoms with Gasteiger partial charge in [0.25, 0.3) is 5.91 Å². The Morgan fingerprint density at radius 1 is 0.714 bits per heavy atom. The van der Waals surface area contributed by atoms with Crippen molar-refractivity contribution < 1.29 is 19.1 Å². The topological polar surface area (TPSA) is 76.7 Å². The summed E-state index contributed by atoms with van der Waals surface area (Å²) >= 11 is 0. The molecule has 3 rings (SSSR count). The fourth-order valence-corrected chi connectivity index (χ4v) is 2.36. The summed E-state index contributed by atoms with van der Waals surface area (Å²) in [5, 5.41) is 5.27. The summed E-state index contributed by atoms with van der Waals surface area (Å²) in [5.41, 5.74) is 0.520. The van der Waals surface area contributed by atoms with Gasteiger partial charge in [0.1, 0.15) is 11.5 Å². The van der Waals surface area contributed by atoms with Crippen molar-refractivity contribution in [3.63, 3.8) is 0 Å². The number of hydrogen-bond donors (Lipinski definition) is 2. The minimum Gasteiger partial charge on any atom is -0.484 e. The Balaban J connectivity index is 1.49. The van der Waals surface area contributed by atoms with Crippen LogP contribution in [0, 0.1) is 0 Å². The first-order valence-electron chi connectivity index (χ1n) is 8.77. The van der Waals surface area contributed by atoms with Gasteiger partial charge in [-0.3, -0.25) is 9.59 Å². The number of carbonyl (C=O) groups excluding carboxylic acids is 2. The van der Waals surface area contributed by atoms with Crippen LogP contribution in [0.2, 0.25) is 0 Å². The van der Waals surface area contributed by atoms with Gasteiger partial charge in [-0.25, -0.2) is 0 Å². The highest BCUT2D eigenvalue weighted by Gasteiger charge is 2.10. The van der Waals surface area contributed by atoms with E-state index in [-0.39, 0.29) is 25.0 Å². The van der Waals surface area contributed by atoms with Crippen LogP contribution in [-0.2, 0) is 9.59 Å². The molecule has 3 aromatic carbocycles. The van der Waals surface area contributed by atoms with Crippen LogP contribution in [0.25, 0.3) is 0 Å². The first-order chi connectivity index (χ1) is 13.7. The fraction of sp³-hybridized carbons (Fsp3) is 0.0909. The zero-order valence-corrected chi connectivity index (χ0v) is 15.1. The zero-order chi connectivity index (χ0) is 19.6. The Kier molecular flexibility index (Phi) is 6.62. The van der Waals surface area contributed by atoms with Crippen LogP contribution < -0.4 is 20.1 Å². The highest BCUT2D eigenvalue weighted by atomic mass is 16.5. The normalized spacial score (nSPS) is 10.0. The molecule has 0 aliphatic carbocycles. The van der Waals surface area contributed by atoms with E-state index in [1.807, 2.05) is 54.6 Å². The van der Waals surface area contributed by atoms with Crippen molar-refractivity contribution in [2.75, 3.05) is 18.5 Å². The molecular formula is C22H20N2O4. The molecule has 0 aliphatic rings. The van der Waals surface area contributed by atoms with E-state index in [1.54, 1.807) is 30.3 Å². The molecule has 0 fully saturated rings. The molecule has 0 saturated carbocycles. The van der Waals surface area contributed by atoms with Gasteiger partial charge in [0, 0.05) is 0 Å². The number of benzene rings is 3. The third-order valence-corrected chi connectivity index (χ3v) is 3.69. The van der Waals surface area contributed by atoms with E-state index >= 15 is 0 Å². The van der Waals surface area contributed by atoms with Gasteiger partial charge in [-0.2, -0.15) is 0 Å². The van der Waals surface area contributed by atoms with Crippen LogP contribution in [0.4, 0.5) is 5.69 Å². The molecule has 0 spiro atoms. The summed E-state index contributed by atoms with van der Waals surface area (Å²) in [6.45, 7) is -0.332. The first kappa shape index (κ1) is 19.0. The Hall–Kier alpha value is -3.80. The van der Waals surface area contributed by atoms with Crippen LogP contribution in [0.5, 0.6) is 17.2 Å². The maximum absolute atomic E-state index is 12.2. The van der Waals surface area contributed by atoms with Crippen molar-refractivity contribution in [2.24, 2.45) is 0 Å². The lowest BCUT2D eigenvalue weighted by molar-refractivity contribution is -0.125. The Morgan fingerprint density at radius 3 is 2.04 bits per heavy atom. The molecule has 0 aromatic heterocycles. The largest absolute Gasteiger partial charge is 0.484 e. The quantitative estimate of drug-likeness (QED) is 0.630. The molecule has 2 N–H and O–H groups in total. The highest BCUT2D eigenvalue weighted by molar-refractivity contribution is 5.95. The van der Waals surface area contributed by atoms with E-state index in [1.165, 1.54) is 0 Å². The van der Waals surface area contributed by atoms with E-state index in [0.717, 1.165) is 0 Å². The number of rotatable bonds is 8. The van der Waals surface area contributed by atoms with Crippen molar-refractivity contribution in [1.29, 1.82) is 0 Å². The predicted octanol–water partition coefficient (Wildman–Crippen LogP) is 3.61. The number of hydrogen-bond acceptors (Lipinski definition) is 4. The van der Waals surface area contributed by atoms with Gasteiger partial charge in [-0.1, -0.05) is 48.5 Å². The second-order valence-electron chi connectivity index (χ2n) is 5.84. The molecule has 0 saturated heterocycles. The van der Waals surface area contributed by atoms with Crippen molar-refractivity contribution in [2.45, 2.75) is 0 Å². The standard InChI is InChI=1S/C22H20N2O4/c25-21(15-23-22(26)16-27-17-9-3-1-4-10-17)24-19-13-7-8-14-20(19)28-18-11-5-2-6-12-18/h1-14H,15-16H2,(H,23,26)(H,24,25). The molecule has 28 heavy (non-hydrogen) atoms. The molecule has 0 heterocycles. The third kappa shape index (κ3) is 5.88. The minimum atomic E-state index is -0.382.